The molecule has 114 valence electrons. The average Bonchev–Trinajstić information content (AvgIpc) is 2.92. The van der Waals surface area contributed by atoms with Crippen molar-refractivity contribution in [1.29, 1.82) is 0 Å². The van der Waals surface area contributed by atoms with Crippen molar-refractivity contribution in [2.45, 2.75) is 32.9 Å². The molecule has 0 radical (unpaired) electrons. The van der Waals surface area contributed by atoms with Crippen molar-refractivity contribution in [2.75, 3.05) is 18.0 Å². The number of halogens is 1. The first-order valence-corrected chi connectivity index (χ1v) is 7.34. The van der Waals surface area contributed by atoms with Gasteiger partial charge in [-0.05, 0) is 51.1 Å². The van der Waals surface area contributed by atoms with Crippen LogP contribution in [0.4, 0.5) is 10.1 Å². The van der Waals surface area contributed by atoms with Gasteiger partial charge in [-0.25, -0.2) is 4.39 Å². The third kappa shape index (κ3) is 4.29. The highest BCUT2D eigenvalue weighted by atomic mass is 19.1. The molecule has 0 amide bonds. The van der Waals surface area contributed by atoms with Gasteiger partial charge >= 0.3 is 0 Å². The molecule has 2 rings (SSSR count). The Morgan fingerprint density at radius 3 is 2.76 bits per heavy atom. The molecule has 5 heteroatoms. The minimum Gasteiger partial charge on any atom is -0.365 e. The van der Waals surface area contributed by atoms with Gasteiger partial charge in [0.1, 0.15) is 5.82 Å². The van der Waals surface area contributed by atoms with Gasteiger partial charge in [0.05, 0.1) is 12.2 Å². The van der Waals surface area contributed by atoms with Gasteiger partial charge in [0.15, 0.2) is 0 Å². The Kier molecular flexibility index (Phi) is 5.33. The molecule has 0 unspecified atom stereocenters. The van der Waals surface area contributed by atoms with E-state index in [9.17, 15) is 4.39 Å². The molecular formula is C16H23FN4. The molecule has 2 N–H and O–H groups in total. The zero-order valence-corrected chi connectivity index (χ0v) is 12.7. The molecule has 2 aromatic rings. The van der Waals surface area contributed by atoms with Gasteiger partial charge in [-0.3, -0.25) is 4.68 Å². The molecule has 1 aromatic heterocycles. The van der Waals surface area contributed by atoms with Gasteiger partial charge < -0.3 is 10.6 Å². The number of nitrogens with two attached hydrogens (primary N) is 1. The normalized spacial score (nSPS) is 11.1. The number of aromatic nitrogens is 2. The molecule has 0 aliphatic heterocycles. The Morgan fingerprint density at radius 2 is 2.14 bits per heavy atom. The second-order valence-corrected chi connectivity index (χ2v) is 5.42. The Hall–Kier alpha value is -1.88. The van der Waals surface area contributed by atoms with Crippen LogP contribution in [0.2, 0.25) is 0 Å². The lowest BCUT2D eigenvalue weighted by Crippen LogP contribution is -2.26. The molecule has 0 atom stereocenters. The monoisotopic (exact) mass is 290 g/mol. The second-order valence-electron chi connectivity index (χ2n) is 5.42. The largest absolute Gasteiger partial charge is 0.365 e. The predicted molar refractivity (Wildman–Crippen MR) is 83.7 cm³/mol. The highest BCUT2D eigenvalue weighted by Crippen LogP contribution is 2.18. The lowest BCUT2D eigenvalue weighted by atomic mass is 10.2. The smallest absolute Gasteiger partial charge is 0.125 e. The maximum absolute atomic E-state index is 13.4. The summed E-state index contributed by atoms with van der Waals surface area (Å²) in [6.45, 7) is 6.25. The van der Waals surface area contributed by atoms with Gasteiger partial charge in [-0.1, -0.05) is 6.07 Å². The fraction of sp³-hybridized carbons (Fsp3) is 0.438. The maximum Gasteiger partial charge on any atom is 0.125 e. The molecule has 0 fully saturated rings. The average molecular weight is 290 g/mol. The molecule has 0 bridgehead atoms. The summed E-state index contributed by atoms with van der Waals surface area (Å²) in [6.07, 6.45) is 2.84. The van der Waals surface area contributed by atoms with E-state index in [0.717, 1.165) is 24.3 Å². The summed E-state index contributed by atoms with van der Waals surface area (Å²) in [7, 11) is 0. The van der Waals surface area contributed by atoms with E-state index in [0.29, 0.717) is 19.1 Å². The van der Waals surface area contributed by atoms with E-state index in [-0.39, 0.29) is 5.82 Å². The quantitative estimate of drug-likeness (QED) is 0.853. The zero-order valence-electron chi connectivity index (χ0n) is 12.7. The van der Waals surface area contributed by atoms with Crippen LogP contribution in [0.1, 0.15) is 32.0 Å². The number of hydrogen-bond donors (Lipinski definition) is 1. The molecular weight excluding hydrogens is 267 g/mol. The van der Waals surface area contributed by atoms with Gasteiger partial charge in [0, 0.05) is 24.5 Å². The van der Waals surface area contributed by atoms with Crippen LogP contribution < -0.4 is 10.6 Å². The third-order valence-corrected chi connectivity index (χ3v) is 3.35. The van der Waals surface area contributed by atoms with Gasteiger partial charge in [-0.15, -0.1) is 0 Å². The van der Waals surface area contributed by atoms with Crippen LogP contribution in [0.15, 0.2) is 36.5 Å². The molecule has 0 aliphatic rings. The van der Waals surface area contributed by atoms with Crippen molar-refractivity contribution in [3.8, 4) is 0 Å². The van der Waals surface area contributed by atoms with Crippen LogP contribution in [-0.4, -0.2) is 22.9 Å². The number of benzene rings is 1. The molecule has 21 heavy (non-hydrogen) atoms. The first-order chi connectivity index (χ1) is 10.1. The highest BCUT2D eigenvalue weighted by molar-refractivity contribution is 5.46. The zero-order chi connectivity index (χ0) is 15.2. The van der Waals surface area contributed by atoms with Crippen molar-refractivity contribution in [3.63, 3.8) is 0 Å². The summed E-state index contributed by atoms with van der Waals surface area (Å²) in [5.74, 6) is -0.224. The fourth-order valence-corrected chi connectivity index (χ4v) is 2.20. The van der Waals surface area contributed by atoms with E-state index in [2.05, 4.69) is 23.8 Å². The van der Waals surface area contributed by atoms with Crippen LogP contribution in [0.5, 0.6) is 0 Å². The lowest BCUT2D eigenvalue weighted by molar-refractivity contribution is 0.525. The first-order valence-electron chi connectivity index (χ1n) is 7.34. The van der Waals surface area contributed by atoms with Crippen LogP contribution in [0.3, 0.4) is 0 Å². The van der Waals surface area contributed by atoms with Gasteiger partial charge in [-0.2, -0.15) is 5.10 Å². The van der Waals surface area contributed by atoms with Gasteiger partial charge in [0.25, 0.3) is 0 Å². The summed E-state index contributed by atoms with van der Waals surface area (Å²) in [5, 5.41) is 4.56. The summed E-state index contributed by atoms with van der Waals surface area (Å²) in [6, 6.07) is 9.00. The van der Waals surface area contributed by atoms with E-state index in [1.165, 1.54) is 6.07 Å². The lowest BCUT2D eigenvalue weighted by Gasteiger charge is -2.24. The topological polar surface area (TPSA) is 47.1 Å². The van der Waals surface area contributed by atoms with Crippen molar-refractivity contribution < 1.29 is 4.39 Å². The van der Waals surface area contributed by atoms with E-state index < -0.39 is 0 Å². The minimum absolute atomic E-state index is 0.224. The van der Waals surface area contributed by atoms with Crippen molar-refractivity contribution in [3.05, 3.63) is 48.0 Å². The Morgan fingerprint density at radius 1 is 1.33 bits per heavy atom. The maximum atomic E-state index is 13.4. The summed E-state index contributed by atoms with van der Waals surface area (Å²) in [5.41, 5.74) is 7.44. The predicted octanol–water partition coefficient (Wildman–Crippen LogP) is 2.96. The molecule has 0 aliphatic carbocycles. The van der Waals surface area contributed by atoms with Crippen molar-refractivity contribution >= 4 is 5.69 Å². The van der Waals surface area contributed by atoms with Crippen LogP contribution >= 0.6 is 0 Å². The molecule has 4 nitrogen and oxygen atoms in total. The van der Waals surface area contributed by atoms with Crippen LogP contribution in [0.25, 0.3) is 0 Å². The Bertz CT molecular complexity index is 565. The van der Waals surface area contributed by atoms with Crippen LogP contribution in [0, 0.1) is 5.82 Å². The number of anilines is 1. The molecule has 0 saturated heterocycles. The summed E-state index contributed by atoms with van der Waals surface area (Å²) in [4.78, 5) is 2.11. The Balaban J connectivity index is 2.15. The van der Waals surface area contributed by atoms with E-state index in [4.69, 9.17) is 5.73 Å². The summed E-state index contributed by atoms with van der Waals surface area (Å²) < 4.78 is 15.4. The van der Waals surface area contributed by atoms with Crippen LogP contribution in [-0.2, 0) is 6.54 Å². The first kappa shape index (κ1) is 15.5. The second kappa shape index (κ2) is 7.22. The number of rotatable bonds is 7. The van der Waals surface area contributed by atoms with E-state index in [1.807, 2.05) is 23.0 Å². The third-order valence-electron chi connectivity index (χ3n) is 3.35. The van der Waals surface area contributed by atoms with Crippen molar-refractivity contribution in [2.24, 2.45) is 5.73 Å². The molecule has 0 saturated carbocycles. The highest BCUT2D eigenvalue weighted by Gasteiger charge is 2.10. The molecule has 1 heterocycles. The van der Waals surface area contributed by atoms with Gasteiger partial charge in [0.2, 0.25) is 0 Å². The number of hydrogen-bond acceptors (Lipinski definition) is 3. The fourth-order valence-electron chi connectivity index (χ4n) is 2.20. The standard InChI is InChI=1S/C16H23FN4/c1-13(2)21-10-7-15(19-21)12-20(9-4-8-18)16-6-3-5-14(17)11-16/h3,5-7,10-11,13H,4,8-9,12,18H2,1-2H3. The Labute approximate surface area is 125 Å². The van der Waals surface area contributed by atoms with Crippen molar-refractivity contribution in [1.82, 2.24) is 9.78 Å². The minimum atomic E-state index is -0.224. The molecule has 1 aromatic carbocycles. The summed E-state index contributed by atoms with van der Waals surface area (Å²) >= 11 is 0. The SMILES string of the molecule is CC(C)n1ccc(CN(CCCN)c2cccc(F)c2)n1. The van der Waals surface area contributed by atoms with E-state index >= 15 is 0 Å². The molecule has 0 spiro atoms. The number of nitrogens with zero attached hydrogens (tertiary/aromatic N) is 3. The van der Waals surface area contributed by atoms with E-state index in [1.54, 1.807) is 12.1 Å².